The maximum absolute atomic E-state index is 10.7. The summed E-state index contributed by atoms with van der Waals surface area (Å²) in [7, 11) is 0. The molecule has 0 aliphatic heterocycles. The van der Waals surface area contributed by atoms with Crippen molar-refractivity contribution in [3.8, 4) is 5.75 Å². The predicted molar refractivity (Wildman–Crippen MR) is 97.8 cm³/mol. The molecule has 0 saturated carbocycles. The van der Waals surface area contributed by atoms with Gasteiger partial charge in [0.2, 0.25) is 0 Å². The molecule has 0 amide bonds. The van der Waals surface area contributed by atoms with Gasteiger partial charge in [-0.05, 0) is 79.7 Å². The first kappa shape index (κ1) is 19.1. The second-order valence-electron chi connectivity index (χ2n) is 6.42. The Hall–Kier alpha value is -0.980. The molecule has 1 aromatic carbocycles. The molecular weight excluding hydrogens is 268 g/mol. The molecule has 22 heavy (non-hydrogen) atoms. The lowest BCUT2D eigenvalue weighted by atomic mass is 9.83. The summed E-state index contributed by atoms with van der Waals surface area (Å²) in [5.74, 6) is 0.563. The van der Waals surface area contributed by atoms with Crippen molar-refractivity contribution in [1.82, 2.24) is 0 Å². The second kappa shape index (κ2) is 9.92. The Morgan fingerprint density at radius 3 is 1.68 bits per heavy atom. The molecule has 0 spiro atoms. The molecule has 0 bridgehead atoms. The number of benzene rings is 1. The lowest BCUT2D eigenvalue weighted by Gasteiger charge is -2.23. The molecular formula is C21H35O. The van der Waals surface area contributed by atoms with Crippen LogP contribution in [0.5, 0.6) is 5.75 Å². The van der Waals surface area contributed by atoms with Crippen LogP contribution in [0.4, 0.5) is 0 Å². The monoisotopic (exact) mass is 303 g/mol. The van der Waals surface area contributed by atoms with Crippen molar-refractivity contribution in [2.45, 2.75) is 92.4 Å². The zero-order chi connectivity index (χ0) is 16.5. The van der Waals surface area contributed by atoms with Crippen LogP contribution in [0.25, 0.3) is 0 Å². The normalized spacial score (nSPS) is 11.1. The molecule has 0 atom stereocenters. The first-order valence-corrected chi connectivity index (χ1v) is 9.27. The van der Waals surface area contributed by atoms with Crippen molar-refractivity contribution in [1.29, 1.82) is 0 Å². The van der Waals surface area contributed by atoms with Crippen LogP contribution in [-0.4, -0.2) is 5.11 Å². The number of phenolic OH excluding ortho intramolecular Hbond substituents is 1. The minimum atomic E-state index is 0.563. The molecule has 0 saturated heterocycles. The van der Waals surface area contributed by atoms with Crippen molar-refractivity contribution in [3.05, 3.63) is 34.2 Å². The fourth-order valence-electron chi connectivity index (χ4n) is 3.38. The van der Waals surface area contributed by atoms with Crippen LogP contribution in [0.15, 0.2) is 0 Å². The summed E-state index contributed by atoms with van der Waals surface area (Å²) >= 11 is 0. The highest BCUT2D eigenvalue weighted by Gasteiger charge is 2.19. The van der Waals surface area contributed by atoms with Crippen LogP contribution in [0.1, 0.15) is 94.0 Å². The molecule has 0 fully saturated rings. The summed E-state index contributed by atoms with van der Waals surface area (Å²) in [5.41, 5.74) is 6.58. The number of phenols is 1. The van der Waals surface area contributed by atoms with Gasteiger partial charge in [-0.1, -0.05) is 47.0 Å². The Kier molecular flexibility index (Phi) is 8.60. The van der Waals surface area contributed by atoms with Crippen LogP contribution in [0.2, 0.25) is 0 Å². The van der Waals surface area contributed by atoms with E-state index in [-0.39, 0.29) is 0 Å². The van der Waals surface area contributed by atoms with Gasteiger partial charge in [-0.3, -0.25) is 0 Å². The lowest BCUT2D eigenvalue weighted by Crippen LogP contribution is -2.08. The maximum Gasteiger partial charge on any atom is 0.122 e. The molecule has 1 N–H and O–H groups in total. The van der Waals surface area contributed by atoms with Gasteiger partial charge >= 0.3 is 0 Å². The van der Waals surface area contributed by atoms with E-state index < -0.39 is 0 Å². The highest BCUT2D eigenvalue weighted by Crippen LogP contribution is 2.36. The molecule has 1 nitrogen and oxygen atoms in total. The molecule has 1 heteroatoms. The average Bonchev–Trinajstić information content (AvgIpc) is 2.53. The number of rotatable bonds is 10. The van der Waals surface area contributed by atoms with Gasteiger partial charge in [0.05, 0.1) is 0 Å². The van der Waals surface area contributed by atoms with Gasteiger partial charge in [0.25, 0.3) is 0 Å². The molecule has 1 rings (SSSR count). The van der Waals surface area contributed by atoms with Gasteiger partial charge in [-0.25, -0.2) is 0 Å². The Morgan fingerprint density at radius 1 is 0.773 bits per heavy atom. The van der Waals surface area contributed by atoms with E-state index in [0.29, 0.717) is 5.75 Å². The molecule has 0 aliphatic carbocycles. The first-order valence-electron chi connectivity index (χ1n) is 9.27. The minimum Gasteiger partial charge on any atom is -0.507 e. The fourth-order valence-corrected chi connectivity index (χ4v) is 3.38. The number of unbranched alkanes of at least 4 members (excludes halogenated alkanes) is 3. The summed E-state index contributed by atoms with van der Waals surface area (Å²) in [5, 5.41) is 10.7. The zero-order valence-corrected chi connectivity index (χ0v) is 15.4. The maximum atomic E-state index is 10.7. The van der Waals surface area contributed by atoms with Crippen molar-refractivity contribution in [3.63, 3.8) is 0 Å². The van der Waals surface area contributed by atoms with E-state index in [9.17, 15) is 5.11 Å². The quantitative estimate of drug-likeness (QED) is 0.537. The van der Waals surface area contributed by atoms with E-state index >= 15 is 0 Å². The van der Waals surface area contributed by atoms with E-state index in [2.05, 4.69) is 41.0 Å². The Labute approximate surface area is 138 Å². The van der Waals surface area contributed by atoms with Crippen LogP contribution in [-0.2, 0) is 19.3 Å². The highest BCUT2D eigenvalue weighted by molar-refractivity contribution is 5.57. The van der Waals surface area contributed by atoms with Gasteiger partial charge in [-0.2, -0.15) is 0 Å². The molecule has 0 aromatic heterocycles. The van der Waals surface area contributed by atoms with Crippen LogP contribution in [0, 0.1) is 13.3 Å². The first-order chi connectivity index (χ1) is 10.6. The largest absolute Gasteiger partial charge is 0.507 e. The second-order valence-corrected chi connectivity index (χ2v) is 6.42. The van der Waals surface area contributed by atoms with Gasteiger partial charge in [-0.15, -0.1) is 0 Å². The van der Waals surface area contributed by atoms with Crippen molar-refractivity contribution in [2.75, 3.05) is 0 Å². The van der Waals surface area contributed by atoms with Crippen LogP contribution >= 0.6 is 0 Å². The smallest absolute Gasteiger partial charge is 0.122 e. The van der Waals surface area contributed by atoms with E-state index in [0.717, 1.165) is 31.2 Å². The van der Waals surface area contributed by atoms with Crippen molar-refractivity contribution < 1.29 is 5.11 Å². The number of hydrogen-bond acceptors (Lipinski definition) is 1. The summed E-state index contributed by atoms with van der Waals surface area (Å²) in [6.07, 6.45) is 12.7. The molecule has 125 valence electrons. The minimum absolute atomic E-state index is 0.563. The Morgan fingerprint density at radius 2 is 1.23 bits per heavy atom. The van der Waals surface area contributed by atoms with Crippen molar-refractivity contribution in [2.24, 2.45) is 0 Å². The predicted octanol–water partition coefficient (Wildman–Crippen LogP) is 6.30. The van der Waals surface area contributed by atoms with E-state index in [4.69, 9.17) is 0 Å². The topological polar surface area (TPSA) is 20.2 Å². The summed E-state index contributed by atoms with van der Waals surface area (Å²) in [6.45, 7) is 10.9. The number of aromatic hydroxyl groups is 1. The average molecular weight is 304 g/mol. The zero-order valence-electron chi connectivity index (χ0n) is 15.4. The van der Waals surface area contributed by atoms with Gasteiger partial charge in [0.1, 0.15) is 5.75 Å². The molecule has 0 aliphatic rings. The summed E-state index contributed by atoms with van der Waals surface area (Å²) in [4.78, 5) is 0. The van der Waals surface area contributed by atoms with Crippen molar-refractivity contribution >= 4 is 0 Å². The van der Waals surface area contributed by atoms with Gasteiger partial charge < -0.3 is 5.11 Å². The standard InChI is InChI=1S/C21H35O/c1-6-10-13-18-17(9-4)16(5)21(22)20(15-12-8-3)19(18)14-11-7-2/h9,22H,6-8,10-15H2,1-5H3. The van der Waals surface area contributed by atoms with Crippen LogP contribution < -0.4 is 0 Å². The third-order valence-electron chi connectivity index (χ3n) is 4.73. The molecule has 0 unspecified atom stereocenters. The van der Waals surface area contributed by atoms with E-state index in [1.54, 1.807) is 0 Å². The third kappa shape index (κ3) is 4.51. The van der Waals surface area contributed by atoms with Crippen LogP contribution in [0.3, 0.4) is 0 Å². The van der Waals surface area contributed by atoms with Gasteiger partial charge in [0.15, 0.2) is 0 Å². The summed E-state index contributed by atoms with van der Waals surface area (Å²) in [6, 6.07) is 0. The van der Waals surface area contributed by atoms with E-state index in [1.165, 1.54) is 54.4 Å². The third-order valence-corrected chi connectivity index (χ3v) is 4.73. The van der Waals surface area contributed by atoms with Gasteiger partial charge in [0, 0.05) is 0 Å². The molecule has 1 radical (unpaired) electrons. The Balaban J connectivity index is 3.41. The highest BCUT2D eigenvalue weighted by atomic mass is 16.3. The molecule has 1 aromatic rings. The van der Waals surface area contributed by atoms with E-state index in [1.807, 2.05) is 0 Å². The molecule has 0 heterocycles. The SMILES string of the molecule is C[CH]c1c(C)c(O)c(CCCC)c(CCCC)c1CCCC. The summed E-state index contributed by atoms with van der Waals surface area (Å²) < 4.78 is 0. The number of hydrogen-bond donors (Lipinski definition) is 1. The lowest BCUT2D eigenvalue weighted by molar-refractivity contribution is 0.460. The Bertz CT molecular complexity index is 460. The fraction of sp³-hybridized carbons (Fsp3) is 0.667.